The molecule has 1 heterocycles. The number of nitrogens with zero attached hydrogens (tertiary/aromatic N) is 1. The summed E-state index contributed by atoms with van der Waals surface area (Å²) in [6.45, 7) is 4.49. The topological polar surface area (TPSA) is 131 Å². The standard InChI is InChI=1S/C20H31N3O7/c1-12(2)9-14(17(26)29-4)21-15(24)11-30-16(25)10-23-18(27)20(22-19(23)28)8-6-5-7-13(20)3/h12-14H,5-11H2,1-4H3,(H,21,24)(H,22,28)/t13-,14-,20+/m0/s1. The molecule has 0 aromatic rings. The summed E-state index contributed by atoms with van der Waals surface area (Å²) >= 11 is 0. The summed E-state index contributed by atoms with van der Waals surface area (Å²) in [4.78, 5) is 61.9. The highest BCUT2D eigenvalue weighted by atomic mass is 16.5. The molecular formula is C20H31N3O7. The van der Waals surface area contributed by atoms with Crippen molar-refractivity contribution in [3.8, 4) is 0 Å². The number of carbonyl (C=O) groups excluding carboxylic acids is 5. The normalized spacial score (nSPS) is 24.6. The minimum absolute atomic E-state index is 0.0225. The van der Waals surface area contributed by atoms with Gasteiger partial charge in [0.15, 0.2) is 6.61 Å². The summed E-state index contributed by atoms with van der Waals surface area (Å²) in [5.74, 6) is -2.46. The minimum atomic E-state index is -0.961. The maximum atomic E-state index is 12.8. The lowest BCUT2D eigenvalue weighted by atomic mass is 9.73. The summed E-state index contributed by atoms with van der Waals surface area (Å²) in [5, 5.41) is 5.22. The molecule has 2 N–H and O–H groups in total. The monoisotopic (exact) mass is 425 g/mol. The van der Waals surface area contributed by atoms with E-state index in [1.807, 2.05) is 20.8 Å². The van der Waals surface area contributed by atoms with E-state index in [0.29, 0.717) is 12.8 Å². The van der Waals surface area contributed by atoms with Crippen LogP contribution in [-0.2, 0) is 28.7 Å². The molecule has 3 atom stereocenters. The van der Waals surface area contributed by atoms with Crippen LogP contribution in [0.1, 0.15) is 52.9 Å². The van der Waals surface area contributed by atoms with Crippen molar-refractivity contribution in [1.82, 2.24) is 15.5 Å². The first kappa shape index (κ1) is 23.6. The molecule has 2 rings (SSSR count). The number of esters is 2. The van der Waals surface area contributed by atoms with Gasteiger partial charge in [-0.1, -0.05) is 33.6 Å². The van der Waals surface area contributed by atoms with E-state index in [1.54, 1.807) is 0 Å². The molecule has 0 aromatic carbocycles. The third-order valence-electron chi connectivity index (χ3n) is 5.68. The van der Waals surface area contributed by atoms with E-state index in [2.05, 4.69) is 15.4 Å². The Labute approximate surface area is 176 Å². The second-order valence-corrected chi connectivity index (χ2v) is 8.37. The minimum Gasteiger partial charge on any atom is -0.467 e. The lowest BCUT2D eigenvalue weighted by Gasteiger charge is -2.36. The zero-order valence-corrected chi connectivity index (χ0v) is 18.0. The quantitative estimate of drug-likeness (QED) is 0.433. The molecule has 2 fully saturated rings. The van der Waals surface area contributed by atoms with Crippen LogP contribution in [0.2, 0.25) is 0 Å². The Morgan fingerprint density at radius 2 is 1.97 bits per heavy atom. The summed E-state index contributed by atoms with van der Waals surface area (Å²) in [6.07, 6.45) is 3.55. The van der Waals surface area contributed by atoms with Gasteiger partial charge in [-0.2, -0.15) is 0 Å². The number of carbonyl (C=O) groups is 5. The fraction of sp³-hybridized carbons (Fsp3) is 0.750. The Kier molecular flexibility index (Phi) is 7.80. The van der Waals surface area contributed by atoms with Gasteiger partial charge in [-0.05, 0) is 31.1 Å². The van der Waals surface area contributed by atoms with Gasteiger partial charge in [0.1, 0.15) is 18.1 Å². The second-order valence-electron chi connectivity index (χ2n) is 8.37. The van der Waals surface area contributed by atoms with E-state index in [9.17, 15) is 24.0 Å². The van der Waals surface area contributed by atoms with Gasteiger partial charge in [0, 0.05) is 0 Å². The largest absolute Gasteiger partial charge is 0.467 e. The van der Waals surface area contributed by atoms with Crippen molar-refractivity contribution in [1.29, 1.82) is 0 Å². The van der Waals surface area contributed by atoms with E-state index >= 15 is 0 Å². The van der Waals surface area contributed by atoms with Crippen molar-refractivity contribution in [2.45, 2.75) is 64.5 Å². The molecule has 1 saturated carbocycles. The highest BCUT2D eigenvalue weighted by molar-refractivity contribution is 6.09. The molecule has 1 aliphatic carbocycles. The van der Waals surface area contributed by atoms with Crippen LogP contribution in [0.5, 0.6) is 0 Å². The highest BCUT2D eigenvalue weighted by Crippen LogP contribution is 2.38. The van der Waals surface area contributed by atoms with Crippen LogP contribution < -0.4 is 10.6 Å². The Hall–Kier alpha value is -2.65. The molecule has 2 aliphatic rings. The first-order valence-corrected chi connectivity index (χ1v) is 10.3. The van der Waals surface area contributed by atoms with Crippen molar-refractivity contribution in [3.63, 3.8) is 0 Å². The third kappa shape index (κ3) is 5.28. The maximum absolute atomic E-state index is 12.8. The number of imide groups is 1. The number of amides is 4. The summed E-state index contributed by atoms with van der Waals surface area (Å²) in [5.41, 5.74) is -0.961. The average molecular weight is 425 g/mol. The first-order chi connectivity index (χ1) is 14.1. The van der Waals surface area contributed by atoms with E-state index < -0.39 is 54.5 Å². The third-order valence-corrected chi connectivity index (χ3v) is 5.68. The lowest BCUT2D eigenvalue weighted by Crippen LogP contribution is -2.54. The van der Waals surface area contributed by atoms with E-state index in [1.165, 1.54) is 7.11 Å². The fourth-order valence-electron chi connectivity index (χ4n) is 4.02. The van der Waals surface area contributed by atoms with Gasteiger partial charge in [0.2, 0.25) is 0 Å². The summed E-state index contributed by atoms with van der Waals surface area (Å²) < 4.78 is 9.57. The molecule has 1 saturated heterocycles. The highest BCUT2D eigenvalue weighted by Gasteiger charge is 2.55. The fourth-order valence-corrected chi connectivity index (χ4v) is 4.02. The van der Waals surface area contributed by atoms with Crippen LogP contribution in [0.15, 0.2) is 0 Å². The molecule has 0 radical (unpaired) electrons. The van der Waals surface area contributed by atoms with Crippen molar-refractivity contribution in [2.75, 3.05) is 20.3 Å². The number of hydrogen-bond acceptors (Lipinski definition) is 7. The van der Waals surface area contributed by atoms with Gasteiger partial charge < -0.3 is 20.1 Å². The number of methoxy groups -OCH3 is 1. The van der Waals surface area contributed by atoms with Gasteiger partial charge in [-0.3, -0.25) is 19.3 Å². The molecule has 4 amide bonds. The molecular weight excluding hydrogens is 394 g/mol. The van der Waals surface area contributed by atoms with E-state index in [4.69, 9.17) is 4.74 Å². The number of urea groups is 1. The Bertz CT molecular complexity index is 709. The van der Waals surface area contributed by atoms with Crippen LogP contribution in [0.3, 0.4) is 0 Å². The molecule has 1 aliphatic heterocycles. The predicted octanol–water partition coefficient (Wildman–Crippen LogP) is 0.734. The van der Waals surface area contributed by atoms with Crippen LogP contribution >= 0.6 is 0 Å². The number of hydrogen-bond donors (Lipinski definition) is 2. The molecule has 30 heavy (non-hydrogen) atoms. The molecule has 1 spiro atoms. The Morgan fingerprint density at radius 1 is 1.27 bits per heavy atom. The van der Waals surface area contributed by atoms with Crippen LogP contribution in [0.25, 0.3) is 0 Å². The van der Waals surface area contributed by atoms with Gasteiger partial charge in [0.25, 0.3) is 11.8 Å². The zero-order chi connectivity index (χ0) is 22.5. The van der Waals surface area contributed by atoms with Crippen LogP contribution in [0.4, 0.5) is 4.79 Å². The molecule has 0 unspecified atom stereocenters. The zero-order valence-electron chi connectivity index (χ0n) is 18.0. The summed E-state index contributed by atoms with van der Waals surface area (Å²) in [6, 6.07) is -1.47. The van der Waals surface area contributed by atoms with Crippen LogP contribution in [0, 0.1) is 11.8 Å². The molecule has 0 aromatic heterocycles. The second kappa shape index (κ2) is 9.90. The smallest absolute Gasteiger partial charge is 0.328 e. The average Bonchev–Trinajstić information content (AvgIpc) is 2.92. The molecule has 10 heteroatoms. The molecule has 0 bridgehead atoms. The van der Waals surface area contributed by atoms with Crippen LogP contribution in [-0.4, -0.2) is 66.5 Å². The van der Waals surface area contributed by atoms with Crippen molar-refractivity contribution < 1.29 is 33.4 Å². The van der Waals surface area contributed by atoms with Gasteiger partial charge in [0.05, 0.1) is 7.11 Å². The van der Waals surface area contributed by atoms with E-state index in [0.717, 1.165) is 24.2 Å². The number of nitrogens with one attached hydrogen (secondary N) is 2. The van der Waals surface area contributed by atoms with Crippen molar-refractivity contribution in [2.24, 2.45) is 11.8 Å². The SMILES string of the molecule is COC(=O)[C@H](CC(C)C)NC(=O)COC(=O)CN1C(=O)N[C@@]2(CCCC[C@@H]2C)C1=O. The number of ether oxygens (including phenoxy) is 2. The van der Waals surface area contributed by atoms with Gasteiger partial charge in [-0.15, -0.1) is 0 Å². The molecule has 168 valence electrons. The van der Waals surface area contributed by atoms with Crippen molar-refractivity contribution in [3.05, 3.63) is 0 Å². The van der Waals surface area contributed by atoms with Gasteiger partial charge in [-0.25, -0.2) is 9.59 Å². The summed E-state index contributed by atoms with van der Waals surface area (Å²) in [7, 11) is 1.22. The number of rotatable bonds is 8. The first-order valence-electron chi connectivity index (χ1n) is 10.3. The Balaban J connectivity index is 1.88. The van der Waals surface area contributed by atoms with Gasteiger partial charge >= 0.3 is 18.0 Å². The molecule has 10 nitrogen and oxygen atoms in total. The maximum Gasteiger partial charge on any atom is 0.328 e. The predicted molar refractivity (Wildman–Crippen MR) is 105 cm³/mol. The van der Waals surface area contributed by atoms with Crippen molar-refractivity contribution >= 4 is 29.8 Å². The lowest BCUT2D eigenvalue weighted by molar-refractivity contribution is -0.152. The Morgan fingerprint density at radius 3 is 2.57 bits per heavy atom. The van der Waals surface area contributed by atoms with E-state index in [-0.39, 0.29) is 11.8 Å².